The molecule has 0 aliphatic carbocycles. The molecule has 2 saturated heterocycles. The fourth-order valence-electron chi connectivity index (χ4n) is 3.97. The first kappa shape index (κ1) is 19.7. The van der Waals surface area contributed by atoms with E-state index in [-0.39, 0.29) is 24.4 Å². The molecule has 2 heterocycles. The van der Waals surface area contributed by atoms with Gasteiger partial charge in [0.15, 0.2) is 0 Å². The summed E-state index contributed by atoms with van der Waals surface area (Å²) >= 11 is 6.46. The summed E-state index contributed by atoms with van der Waals surface area (Å²) in [5.41, 5.74) is 3.31. The molecule has 0 aromatic heterocycles. The van der Waals surface area contributed by atoms with Gasteiger partial charge in [-0.25, -0.2) is 0 Å². The van der Waals surface area contributed by atoms with Crippen molar-refractivity contribution in [3.8, 4) is 5.75 Å². The highest BCUT2D eigenvalue weighted by atomic mass is 35.5. The second-order valence-electron chi connectivity index (χ2n) is 7.84. The molecule has 0 bridgehead atoms. The Balaban J connectivity index is 1.45. The fraction of sp³-hybridized carbons (Fsp3) is 0.478. The third-order valence-electron chi connectivity index (χ3n) is 5.44. The van der Waals surface area contributed by atoms with E-state index in [0.717, 1.165) is 41.3 Å². The molecule has 5 heteroatoms. The maximum Gasteiger partial charge on any atom is 0.124 e. The zero-order chi connectivity index (χ0) is 19.5. The molecule has 150 valence electrons. The van der Waals surface area contributed by atoms with Gasteiger partial charge >= 0.3 is 0 Å². The van der Waals surface area contributed by atoms with Gasteiger partial charge in [0.05, 0.1) is 31.5 Å². The van der Waals surface area contributed by atoms with Crippen LogP contribution in [0.4, 0.5) is 0 Å². The minimum Gasteiger partial charge on any atom is -0.488 e. The molecule has 2 aromatic carbocycles. The zero-order valence-corrected chi connectivity index (χ0v) is 16.9. The summed E-state index contributed by atoms with van der Waals surface area (Å²) in [6.07, 6.45) is 2.83. The van der Waals surface area contributed by atoms with E-state index in [9.17, 15) is 5.11 Å². The van der Waals surface area contributed by atoms with Gasteiger partial charge in [0.1, 0.15) is 11.9 Å². The van der Waals surface area contributed by atoms with Crippen molar-refractivity contribution in [2.45, 2.75) is 57.0 Å². The average Bonchev–Trinajstić information content (AvgIpc) is 3.17. The minimum atomic E-state index is -0.314. The van der Waals surface area contributed by atoms with Crippen molar-refractivity contribution in [1.82, 2.24) is 0 Å². The highest BCUT2D eigenvalue weighted by Gasteiger charge is 2.27. The molecule has 2 aliphatic rings. The Kier molecular flexibility index (Phi) is 6.22. The number of halogens is 1. The number of ether oxygens (including phenoxy) is 3. The van der Waals surface area contributed by atoms with Crippen LogP contribution in [-0.4, -0.2) is 36.6 Å². The van der Waals surface area contributed by atoms with E-state index in [2.05, 4.69) is 18.2 Å². The molecule has 0 saturated carbocycles. The monoisotopic (exact) mass is 402 g/mol. The summed E-state index contributed by atoms with van der Waals surface area (Å²) in [6.45, 7) is 3.45. The van der Waals surface area contributed by atoms with Crippen molar-refractivity contribution >= 4 is 11.6 Å². The number of rotatable bonds is 5. The number of aliphatic hydroxyl groups excluding tert-OH is 1. The normalized spacial score (nSPS) is 27.7. The Bertz CT molecular complexity index is 776. The third kappa shape index (κ3) is 4.87. The van der Waals surface area contributed by atoms with E-state index in [1.54, 1.807) is 0 Å². The van der Waals surface area contributed by atoms with Crippen molar-refractivity contribution in [1.29, 1.82) is 0 Å². The number of hydrogen-bond acceptors (Lipinski definition) is 4. The lowest BCUT2D eigenvalue weighted by molar-refractivity contribution is -0.0895. The summed E-state index contributed by atoms with van der Waals surface area (Å²) in [5.74, 6) is 0.873. The van der Waals surface area contributed by atoms with Gasteiger partial charge < -0.3 is 19.3 Å². The largest absolute Gasteiger partial charge is 0.488 e. The first-order valence-electron chi connectivity index (χ1n) is 10.0. The molecular formula is C23H27ClO4. The standard InChI is InChI=1S/C23H27ClO4/c1-15-10-19(25)13-23(27-15)17-4-7-22(24)18(12-17)11-16-2-5-20(6-3-16)28-21-8-9-26-14-21/h2-7,12,15,19,21,23,25H,8-11,13-14H2,1H3. The van der Waals surface area contributed by atoms with Crippen molar-refractivity contribution in [2.75, 3.05) is 13.2 Å². The van der Waals surface area contributed by atoms with Crippen molar-refractivity contribution < 1.29 is 19.3 Å². The van der Waals surface area contributed by atoms with Gasteiger partial charge in [0.2, 0.25) is 0 Å². The molecule has 4 atom stereocenters. The average molecular weight is 403 g/mol. The summed E-state index contributed by atoms with van der Waals surface area (Å²) in [5, 5.41) is 10.8. The number of aliphatic hydroxyl groups is 1. The SMILES string of the molecule is CC1CC(O)CC(c2ccc(Cl)c(Cc3ccc(OC4CCOC4)cc3)c2)O1. The Hall–Kier alpha value is -1.59. The molecule has 1 N–H and O–H groups in total. The predicted molar refractivity (Wildman–Crippen MR) is 109 cm³/mol. The van der Waals surface area contributed by atoms with Crippen LogP contribution in [0.15, 0.2) is 42.5 Å². The lowest BCUT2D eigenvalue weighted by atomic mass is 9.94. The molecule has 0 spiro atoms. The number of benzene rings is 2. The van der Waals surface area contributed by atoms with E-state index in [4.69, 9.17) is 25.8 Å². The quantitative estimate of drug-likeness (QED) is 0.787. The topological polar surface area (TPSA) is 47.9 Å². The summed E-state index contributed by atoms with van der Waals surface area (Å²) in [6, 6.07) is 14.2. The molecule has 2 aromatic rings. The molecule has 2 aliphatic heterocycles. The van der Waals surface area contributed by atoms with Crippen molar-refractivity contribution in [3.63, 3.8) is 0 Å². The Morgan fingerprint density at radius 1 is 1.14 bits per heavy atom. The molecule has 2 fully saturated rings. The molecule has 4 rings (SSSR count). The minimum absolute atomic E-state index is 0.0608. The zero-order valence-electron chi connectivity index (χ0n) is 16.1. The van der Waals surface area contributed by atoms with Crippen LogP contribution in [0, 0.1) is 0 Å². The highest BCUT2D eigenvalue weighted by Crippen LogP contribution is 2.33. The second-order valence-corrected chi connectivity index (χ2v) is 8.24. The van der Waals surface area contributed by atoms with E-state index >= 15 is 0 Å². The Labute approximate surface area is 171 Å². The van der Waals surface area contributed by atoms with E-state index in [1.807, 2.05) is 31.2 Å². The lowest BCUT2D eigenvalue weighted by Crippen LogP contribution is -2.29. The van der Waals surface area contributed by atoms with Gasteiger partial charge in [-0.2, -0.15) is 0 Å². The van der Waals surface area contributed by atoms with Crippen LogP contribution in [0.3, 0.4) is 0 Å². The van der Waals surface area contributed by atoms with Crippen molar-refractivity contribution in [2.24, 2.45) is 0 Å². The molecule has 28 heavy (non-hydrogen) atoms. The van der Waals surface area contributed by atoms with Crippen LogP contribution in [0.2, 0.25) is 5.02 Å². The fourth-order valence-corrected chi connectivity index (χ4v) is 4.15. The van der Waals surface area contributed by atoms with E-state index < -0.39 is 0 Å². The van der Waals surface area contributed by atoms with Crippen LogP contribution >= 0.6 is 11.6 Å². The van der Waals surface area contributed by atoms with Gasteiger partial charge in [0, 0.05) is 17.9 Å². The smallest absolute Gasteiger partial charge is 0.124 e. The van der Waals surface area contributed by atoms with Crippen LogP contribution in [0.5, 0.6) is 5.75 Å². The Morgan fingerprint density at radius 2 is 1.96 bits per heavy atom. The highest BCUT2D eigenvalue weighted by molar-refractivity contribution is 6.31. The van der Waals surface area contributed by atoms with Gasteiger partial charge in [0.25, 0.3) is 0 Å². The second kappa shape index (κ2) is 8.83. The van der Waals surface area contributed by atoms with Crippen LogP contribution in [0.25, 0.3) is 0 Å². The van der Waals surface area contributed by atoms with E-state index in [0.29, 0.717) is 19.4 Å². The van der Waals surface area contributed by atoms with Gasteiger partial charge in [-0.05, 0) is 54.7 Å². The third-order valence-corrected chi connectivity index (χ3v) is 5.81. The lowest BCUT2D eigenvalue weighted by Gasteiger charge is -2.31. The summed E-state index contributed by atoms with van der Waals surface area (Å²) in [7, 11) is 0. The summed E-state index contributed by atoms with van der Waals surface area (Å²) in [4.78, 5) is 0. The molecule has 0 amide bonds. The number of hydrogen-bond donors (Lipinski definition) is 1. The maximum absolute atomic E-state index is 10.1. The van der Waals surface area contributed by atoms with Crippen LogP contribution in [-0.2, 0) is 15.9 Å². The molecular weight excluding hydrogens is 376 g/mol. The van der Waals surface area contributed by atoms with Crippen molar-refractivity contribution in [3.05, 3.63) is 64.2 Å². The molecule has 0 radical (unpaired) electrons. The van der Waals surface area contributed by atoms with Gasteiger partial charge in [-0.15, -0.1) is 0 Å². The predicted octanol–water partition coefficient (Wildman–Crippen LogP) is 4.70. The first-order chi connectivity index (χ1) is 13.6. The summed E-state index contributed by atoms with van der Waals surface area (Å²) < 4.78 is 17.3. The Morgan fingerprint density at radius 3 is 2.68 bits per heavy atom. The molecule has 4 unspecified atom stereocenters. The first-order valence-corrected chi connectivity index (χ1v) is 10.4. The van der Waals surface area contributed by atoms with Crippen LogP contribution < -0.4 is 4.74 Å². The maximum atomic E-state index is 10.1. The molecule has 4 nitrogen and oxygen atoms in total. The van der Waals surface area contributed by atoms with Crippen LogP contribution in [0.1, 0.15) is 49.0 Å². The van der Waals surface area contributed by atoms with Gasteiger partial charge in [-0.3, -0.25) is 0 Å². The van der Waals surface area contributed by atoms with E-state index in [1.165, 1.54) is 5.56 Å². The van der Waals surface area contributed by atoms with Gasteiger partial charge in [-0.1, -0.05) is 35.9 Å².